The monoisotopic (exact) mass is 376 g/mol. The van der Waals surface area contributed by atoms with Gasteiger partial charge in [0.05, 0.1) is 0 Å². The Morgan fingerprint density at radius 2 is 1.92 bits per heavy atom. The summed E-state index contributed by atoms with van der Waals surface area (Å²) in [7, 11) is 0. The molecule has 138 valence electrons. The Balaban J connectivity index is 2.21. The molecule has 0 atom stereocenters. The largest absolute Gasteiger partial charge is 0.477 e. The maximum absolute atomic E-state index is 11.9. The van der Waals surface area contributed by atoms with Crippen molar-refractivity contribution in [1.29, 1.82) is 0 Å². The summed E-state index contributed by atoms with van der Waals surface area (Å²) in [6, 6.07) is 6.79. The van der Waals surface area contributed by atoms with Crippen molar-refractivity contribution in [1.82, 2.24) is 9.97 Å². The van der Waals surface area contributed by atoms with E-state index in [1.807, 2.05) is 0 Å². The number of anilines is 3. The van der Waals surface area contributed by atoms with E-state index >= 15 is 0 Å². The van der Waals surface area contributed by atoms with Crippen LogP contribution in [0.4, 0.5) is 22.0 Å². The van der Waals surface area contributed by atoms with Crippen LogP contribution in [0.25, 0.3) is 0 Å². The molecule has 0 saturated carbocycles. The molecule has 0 aliphatic carbocycles. The first kappa shape index (κ1) is 19.5. The molecule has 1 aromatic heterocycles. The fraction of sp³-hybridized carbons (Fsp3) is 0.294. The van der Waals surface area contributed by atoms with Crippen LogP contribution in [0.2, 0.25) is 0 Å². The maximum atomic E-state index is 11.9. The lowest BCUT2D eigenvalue weighted by atomic mass is 10.2. The summed E-state index contributed by atoms with van der Waals surface area (Å²) in [5.41, 5.74) is 0.409. The van der Waals surface area contributed by atoms with E-state index in [1.54, 1.807) is 51.3 Å². The van der Waals surface area contributed by atoms with Crippen molar-refractivity contribution in [3.63, 3.8) is 0 Å². The van der Waals surface area contributed by atoms with Gasteiger partial charge in [0.15, 0.2) is 5.16 Å². The number of amides is 1. The van der Waals surface area contributed by atoms with E-state index in [0.29, 0.717) is 16.5 Å². The number of carbonyl (C=O) groups is 2. The molecule has 0 saturated heterocycles. The van der Waals surface area contributed by atoms with Gasteiger partial charge >= 0.3 is 12.1 Å². The van der Waals surface area contributed by atoms with Crippen LogP contribution in [0.3, 0.4) is 0 Å². The van der Waals surface area contributed by atoms with Crippen LogP contribution in [-0.2, 0) is 4.74 Å². The summed E-state index contributed by atoms with van der Waals surface area (Å²) in [5, 5.41) is 15.3. The Bertz CT molecular complexity index is 821. The number of rotatable bonds is 5. The Morgan fingerprint density at radius 1 is 1.23 bits per heavy atom. The van der Waals surface area contributed by atoms with Gasteiger partial charge in [-0.3, -0.25) is 5.32 Å². The normalized spacial score (nSPS) is 10.9. The third-order valence-electron chi connectivity index (χ3n) is 2.95. The average Bonchev–Trinajstić information content (AvgIpc) is 2.52. The predicted octanol–water partition coefficient (Wildman–Crippen LogP) is 3.99. The number of aromatic nitrogens is 2. The average molecular weight is 376 g/mol. The Hall–Kier alpha value is -2.81. The highest BCUT2D eigenvalue weighted by molar-refractivity contribution is 7.98. The number of nitrogens with one attached hydrogen (secondary N) is 2. The minimum absolute atomic E-state index is 0.0479. The molecule has 1 amide bonds. The summed E-state index contributed by atoms with van der Waals surface area (Å²) in [5.74, 6) is -0.963. The molecule has 0 fully saturated rings. The Labute approximate surface area is 155 Å². The molecule has 0 spiro atoms. The summed E-state index contributed by atoms with van der Waals surface area (Å²) in [6.45, 7) is 5.32. The minimum atomic E-state index is -1.14. The first-order valence-electron chi connectivity index (χ1n) is 7.69. The molecule has 2 aromatic rings. The van der Waals surface area contributed by atoms with E-state index in [1.165, 1.54) is 18.0 Å². The minimum Gasteiger partial charge on any atom is -0.477 e. The number of hydrogen-bond acceptors (Lipinski definition) is 7. The number of carboxylic acids is 1. The van der Waals surface area contributed by atoms with E-state index in [0.717, 1.165) is 0 Å². The highest BCUT2D eigenvalue weighted by Crippen LogP contribution is 2.23. The van der Waals surface area contributed by atoms with Gasteiger partial charge in [0.1, 0.15) is 17.0 Å². The lowest BCUT2D eigenvalue weighted by Crippen LogP contribution is -2.27. The topological polar surface area (TPSA) is 113 Å². The van der Waals surface area contributed by atoms with Crippen molar-refractivity contribution in [2.75, 3.05) is 16.9 Å². The van der Waals surface area contributed by atoms with Gasteiger partial charge in [-0.1, -0.05) is 17.8 Å². The van der Waals surface area contributed by atoms with Crippen molar-refractivity contribution >= 4 is 41.0 Å². The zero-order valence-electron chi connectivity index (χ0n) is 14.9. The molecular weight excluding hydrogens is 356 g/mol. The number of nitrogens with zero attached hydrogens (tertiary/aromatic N) is 2. The highest BCUT2D eigenvalue weighted by atomic mass is 32.2. The van der Waals surface area contributed by atoms with Crippen LogP contribution in [0.15, 0.2) is 35.6 Å². The zero-order valence-corrected chi connectivity index (χ0v) is 15.7. The standard InChI is InChI=1S/C17H20N4O4S/c1-17(2,3)25-16(24)20-11-7-5-6-10(8-11)19-13-12(14(22)23)9-18-15(21-13)26-4/h5-9H,1-4H3,(H,20,24)(H,22,23)(H,18,19,21). The maximum Gasteiger partial charge on any atom is 0.412 e. The predicted molar refractivity (Wildman–Crippen MR) is 100 cm³/mol. The molecule has 3 N–H and O–H groups in total. The van der Waals surface area contributed by atoms with Gasteiger partial charge in [0.25, 0.3) is 0 Å². The first-order chi connectivity index (χ1) is 12.2. The Kier molecular flexibility index (Phi) is 6.04. The van der Waals surface area contributed by atoms with Crippen LogP contribution in [0, 0.1) is 0 Å². The zero-order chi connectivity index (χ0) is 19.3. The molecule has 1 heterocycles. The van der Waals surface area contributed by atoms with Crippen LogP contribution >= 0.6 is 11.8 Å². The van der Waals surface area contributed by atoms with Crippen LogP contribution < -0.4 is 10.6 Å². The Morgan fingerprint density at radius 3 is 2.54 bits per heavy atom. The van der Waals surface area contributed by atoms with Crippen molar-refractivity contribution < 1.29 is 19.4 Å². The summed E-state index contributed by atoms with van der Waals surface area (Å²) in [4.78, 5) is 31.4. The fourth-order valence-corrected chi connectivity index (χ4v) is 2.29. The molecule has 9 heteroatoms. The van der Waals surface area contributed by atoms with Gasteiger partial charge in [-0.15, -0.1) is 0 Å². The summed E-state index contributed by atoms with van der Waals surface area (Å²) >= 11 is 1.30. The third kappa shape index (κ3) is 5.62. The molecule has 1 aromatic carbocycles. The van der Waals surface area contributed by atoms with E-state index in [2.05, 4.69) is 20.6 Å². The molecule has 0 aliphatic rings. The van der Waals surface area contributed by atoms with E-state index in [4.69, 9.17) is 4.74 Å². The smallest absolute Gasteiger partial charge is 0.412 e. The van der Waals surface area contributed by atoms with Crippen molar-refractivity contribution in [3.8, 4) is 0 Å². The molecule has 2 rings (SSSR count). The lowest BCUT2D eigenvalue weighted by molar-refractivity contribution is 0.0634. The summed E-state index contributed by atoms with van der Waals surface area (Å²) in [6.07, 6.45) is 2.48. The number of benzene rings is 1. The van der Waals surface area contributed by atoms with Gasteiger partial charge in [0.2, 0.25) is 0 Å². The van der Waals surface area contributed by atoms with Crippen LogP contribution in [-0.4, -0.2) is 39.0 Å². The quantitative estimate of drug-likeness (QED) is 0.530. The highest BCUT2D eigenvalue weighted by Gasteiger charge is 2.17. The molecule has 26 heavy (non-hydrogen) atoms. The van der Waals surface area contributed by atoms with E-state index < -0.39 is 17.7 Å². The van der Waals surface area contributed by atoms with Crippen LogP contribution in [0.1, 0.15) is 31.1 Å². The van der Waals surface area contributed by atoms with E-state index in [9.17, 15) is 14.7 Å². The molecule has 0 aliphatic heterocycles. The molecule has 0 radical (unpaired) electrons. The molecule has 8 nitrogen and oxygen atoms in total. The molecule has 0 unspecified atom stereocenters. The first-order valence-corrected chi connectivity index (χ1v) is 8.92. The number of thioether (sulfide) groups is 1. The second kappa shape index (κ2) is 8.05. The van der Waals surface area contributed by atoms with E-state index in [-0.39, 0.29) is 11.4 Å². The number of hydrogen-bond donors (Lipinski definition) is 3. The number of carboxylic acid groups (broad SMARTS) is 1. The van der Waals surface area contributed by atoms with Gasteiger partial charge in [-0.2, -0.15) is 0 Å². The number of aromatic carboxylic acids is 1. The van der Waals surface area contributed by atoms with Gasteiger partial charge in [-0.25, -0.2) is 19.6 Å². The van der Waals surface area contributed by atoms with Crippen molar-refractivity contribution in [2.45, 2.75) is 31.5 Å². The van der Waals surface area contributed by atoms with Crippen molar-refractivity contribution in [3.05, 3.63) is 36.0 Å². The van der Waals surface area contributed by atoms with Crippen molar-refractivity contribution in [2.24, 2.45) is 0 Å². The number of ether oxygens (including phenoxy) is 1. The van der Waals surface area contributed by atoms with Crippen LogP contribution in [0.5, 0.6) is 0 Å². The third-order valence-corrected chi connectivity index (χ3v) is 3.51. The SMILES string of the molecule is CSc1ncc(C(=O)O)c(Nc2cccc(NC(=O)OC(C)(C)C)c2)n1. The molecular formula is C17H20N4O4S. The lowest BCUT2D eigenvalue weighted by Gasteiger charge is -2.19. The molecule has 0 bridgehead atoms. The summed E-state index contributed by atoms with van der Waals surface area (Å²) < 4.78 is 5.21. The number of carbonyl (C=O) groups excluding carboxylic acids is 1. The second-order valence-electron chi connectivity index (χ2n) is 6.26. The fourth-order valence-electron chi connectivity index (χ4n) is 1.95. The second-order valence-corrected chi connectivity index (χ2v) is 7.03. The van der Waals surface area contributed by atoms with Gasteiger partial charge in [-0.05, 0) is 45.2 Å². The van der Waals surface area contributed by atoms with Gasteiger partial charge in [0, 0.05) is 17.6 Å². The van der Waals surface area contributed by atoms with Gasteiger partial charge < -0.3 is 15.2 Å².